The maximum absolute atomic E-state index is 5.88. The zero-order chi connectivity index (χ0) is 13.0. The molecule has 0 aromatic heterocycles. The van der Waals surface area contributed by atoms with E-state index in [9.17, 15) is 0 Å². The van der Waals surface area contributed by atoms with Gasteiger partial charge in [-0.1, -0.05) is 19.8 Å². The molecule has 1 aliphatic heterocycles. The predicted octanol–water partition coefficient (Wildman–Crippen LogP) is 3.44. The lowest BCUT2D eigenvalue weighted by Gasteiger charge is -2.31. The zero-order valence-corrected chi connectivity index (χ0v) is 11.5. The van der Waals surface area contributed by atoms with Gasteiger partial charge in [0.15, 0.2) is 0 Å². The second kappa shape index (κ2) is 5.98. The molecule has 1 heterocycles. The van der Waals surface area contributed by atoms with Crippen LogP contribution in [-0.4, -0.2) is 19.7 Å². The Balaban J connectivity index is 2.26. The Hall–Kier alpha value is -1.38. The molecule has 0 aliphatic carbocycles. The van der Waals surface area contributed by atoms with Crippen molar-refractivity contribution in [3.05, 3.63) is 18.2 Å². The minimum atomic E-state index is 0.654. The van der Waals surface area contributed by atoms with E-state index < -0.39 is 0 Å². The van der Waals surface area contributed by atoms with Crippen LogP contribution in [0.5, 0.6) is 5.75 Å². The summed E-state index contributed by atoms with van der Waals surface area (Å²) in [4.78, 5) is 2.52. The lowest BCUT2D eigenvalue weighted by molar-refractivity contribution is 0.416. The molecule has 0 saturated carbocycles. The molecule has 0 spiro atoms. The van der Waals surface area contributed by atoms with Crippen molar-refractivity contribution < 1.29 is 4.74 Å². The van der Waals surface area contributed by atoms with Crippen molar-refractivity contribution in [3.8, 4) is 5.75 Å². The van der Waals surface area contributed by atoms with Gasteiger partial charge in [0.25, 0.3) is 0 Å². The molecule has 2 rings (SSSR count). The summed E-state index contributed by atoms with van der Waals surface area (Å²) < 4.78 is 5.32. The first kappa shape index (κ1) is 13.1. The molecule has 1 atom stereocenters. The summed E-state index contributed by atoms with van der Waals surface area (Å²) in [6.07, 6.45) is 6.47. The molecule has 1 fully saturated rings. The number of nitrogen functional groups attached to an aromatic ring is 1. The highest BCUT2D eigenvalue weighted by Gasteiger charge is 2.20. The van der Waals surface area contributed by atoms with E-state index >= 15 is 0 Å². The van der Waals surface area contributed by atoms with Gasteiger partial charge in [0, 0.05) is 24.3 Å². The van der Waals surface area contributed by atoms with Crippen LogP contribution >= 0.6 is 0 Å². The van der Waals surface area contributed by atoms with Crippen molar-refractivity contribution in [2.24, 2.45) is 0 Å². The number of ether oxygens (including phenoxy) is 1. The smallest absolute Gasteiger partial charge is 0.143 e. The van der Waals surface area contributed by atoms with Crippen LogP contribution in [0.1, 0.15) is 39.0 Å². The van der Waals surface area contributed by atoms with E-state index in [-0.39, 0.29) is 0 Å². The number of hydrogen-bond acceptors (Lipinski definition) is 3. The molecule has 0 radical (unpaired) electrons. The SMILES string of the molecule is CCC1CCCCCN1c1ccc(N)c(OC)c1. The first-order valence-corrected chi connectivity index (χ1v) is 6.96. The molecule has 1 aromatic carbocycles. The van der Waals surface area contributed by atoms with Crippen LogP contribution in [-0.2, 0) is 0 Å². The number of anilines is 2. The van der Waals surface area contributed by atoms with Gasteiger partial charge in [-0.2, -0.15) is 0 Å². The lowest BCUT2D eigenvalue weighted by atomic mass is 10.1. The highest BCUT2D eigenvalue weighted by molar-refractivity contribution is 5.62. The number of rotatable bonds is 3. The maximum atomic E-state index is 5.88. The number of methoxy groups -OCH3 is 1. The van der Waals surface area contributed by atoms with E-state index in [0.717, 1.165) is 12.3 Å². The standard InChI is InChI=1S/C15H24N2O/c1-3-12-7-5-4-6-10-17(12)13-8-9-14(16)15(11-13)18-2/h8-9,11-12H,3-7,10,16H2,1-2H3. The molecule has 100 valence electrons. The molecule has 18 heavy (non-hydrogen) atoms. The van der Waals surface area contributed by atoms with Crippen LogP contribution in [0, 0.1) is 0 Å². The van der Waals surface area contributed by atoms with E-state index in [1.807, 2.05) is 6.07 Å². The minimum Gasteiger partial charge on any atom is -0.495 e. The molecule has 0 amide bonds. The monoisotopic (exact) mass is 248 g/mol. The molecule has 1 aliphatic rings. The van der Waals surface area contributed by atoms with Crippen molar-refractivity contribution in [3.63, 3.8) is 0 Å². The summed E-state index contributed by atoms with van der Waals surface area (Å²) in [5.74, 6) is 0.784. The van der Waals surface area contributed by atoms with Crippen molar-refractivity contribution in [2.75, 3.05) is 24.3 Å². The van der Waals surface area contributed by atoms with Crippen molar-refractivity contribution in [1.29, 1.82) is 0 Å². The number of nitrogens with two attached hydrogens (primary N) is 1. The van der Waals surface area contributed by atoms with E-state index in [2.05, 4.69) is 24.0 Å². The predicted molar refractivity (Wildman–Crippen MR) is 77.3 cm³/mol. The largest absolute Gasteiger partial charge is 0.495 e. The van der Waals surface area contributed by atoms with Crippen LogP contribution in [0.4, 0.5) is 11.4 Å². The zero-order valence-electron chi connectivity index (χ0n) is 11.5. The van der Waals surface area contributed by atoms with Crippen LogP contribution in [0.3, 0.4) is 0 Å². The normalized spacial score (nSPS) is 20.6. The summed E-state index contributed by atoms with van der Waals surface area (Å²) in [5, 5.41) is 0. The first-order chi connectivity index (χ1) is 8.76. The number of benzene rings is 1. The van der Waals surface area contributed by atoms with Crippen molar-refractivity contribution in [1.82, 2.24) is 0 Å². The van der Waals surface area contributed by atoms with Gasteiger partial charge >= 0.3 is 0 Å². The van der Waals surface area contributed by atoms with Gasteiger partial charge in [-0.3, -0.25) is 0 Å². The van der Waals surface area contributed by atoms with Gasteiger partial charge < -0.3 is 15.4 Å². The van der Waals surface area contributed by atoms with Crippen LogP contribution in [0.15, 0.2) is 18.2 Å². The Kier molecular flexibility index (Phi) is 4.34. The second-order valence-electron chi connectivity index (χ2n) is 5.03. The highest BCUT2D eigenvalue weighted by Crippen LogP contribution is 2.31. The van der Waals surface area contributed by atoms with Gasteiger partial charge in [0.1, 0.15) is 5.75 Å². The fraction of sp³-hybridized carbons (Fsp3) is 0.600. The molecule has 2 N–H and O–H groups in total. The first-order valence-electron chi connectivity index (χ1n) is 6.96. The molecular formula is C15H24N2O. The van der Waals surface area contributed by atoms with Gasteiger partial charge in [0.2, 0.25) is 0 Å². The lowest BCUT2D eigenvalue weighted by Crippen LogP contribution is -2.34. The summed E-state index contributed by atoms with van der Waals surface area (Å²) in [6.45, 7) is 3.42. The second-order valence-corrected chi connectivity index (χ2v) is 5.03. The minimum absolute atomic E-state index is 0.654. The number of nitrogens with zero attached hydrogens (tertiary/aromatic N) is 1. The van der Waals surface area contributed by atoms with E-state index in [4.69, 9.17) is 10.5 Å². The highest BCUT2D eigenvalue weighted by atomic mass is 16.5. The van der Waals surface area contributed by atoms with Gasteiger partial charge in [-0.05, 0) is 31.4 Å². The molecular weight excluding hydrogens is 224 g/mol. The molecule has 1 saturated heterocycles. The molecule has 3 nitrogen and oxygen atoms in total. The van der Waals surface area contributed by atoms with E-state index in [1.54, 1.807) is 7.11 Å². The summed E-state index contributed by atoms with van der Waals surface area (Å²) >= 11 is 0. The third kappa shape index (κ3) is 2.71. The topological polar surface area (TPSA) is 38.5 Å². The average molecular weight is 248 g/mol. The molecule has 0 bridgehead atoms. The maximum Gasteiger partial charge on any atom is 0.143 e. The third-order valence-electron chi connectivity index (χ3n) is 3.90. The Morgan fingerprint density at radius 3 is 2.89 bits per heavy atom. The van der Waals surface area contributed by atoms with Crippen molar-refractivity contribution >= 4 is 11.4 Å². The van der Waals surface area contributed by atoms with Crippen LogP contribution < -0.4 is 15.4 Å². The van der Waals surface area contributed by atoms with E-state index in [0.29, 0.717) is 11.7 Å². The summed E-state index contributed by atoms with van der Waals surface area (Å²) in [6, 6.07) is 6.79. The summed E-state index contributed by atoms with van der Waals surface area (Å²) in [5.41, 5.74) is 7.84. The fourth-order valence-corrected chi connectivity index (χ4v) is 2.82. The summed E-state index contributed by atoms with van der Waals surface area (Å²) in [7, 11) is 1.68. The average Bonchev–Trinajstić information content (AvgIpc) is 2.64. The van der Waals surface area contributed by atoms with Gasteiger partial charge in [-0.25, -0.2) is 0 Å². The van der Waals surface area contributed by atoms with Crippen LogP contribution in [0.2, 0.25) is 0 Å². The van der Waals surface area contributed by atoms with Crippen LogP contribution in [0.25, 0.3) is 0 Å². The molecule has 1 aromatic rings. The molecule has 3 heteroatoms. The number of hydrogen-bond donors (Lipinski definition) is 1. The molecule has 1 unspecified atom stereocenters. The Morgan fingerprint density at radius 2 is 2.17 bits per heavy atom. The van der Waals surface area contributed by atoms with Gasteiger partial charge in [0.05, 0.1) is 12.8 Å². The fourth-order valence-electron chi connectivity index (χ4n) is 2.82. The Morgan fingerprint density at radius 1 is 1.33 bits per heavy atom. The quantitative estimate of drug-likeness (QED) is 0.833. The van der Waals surface area contributed by atoms with Gasteiger partial charge in [-0.15, -0.1) is 0 Å². The Bertz CT molecular complexity index is 392. The van der Waals surface area contributed by atoms with Crippen molar-refractivity contribution in [2.45, 2.75) is 45.1 Å². The Labute approximate surface area is 110 Å². The third-order valence-corrected chi connectivity index (χ3v) is 3.90. The van der Waals surface area contributed by atoms with E-state index in [1.165, 1.54) is 37.8 Å².